The fourth-order valence-electron chi connectivity index (χ4n) is 2.99. The predicted octanol–water partition coefficient (Wildman–Crippen LogP) is 3.95. The lowest BCUT2D eigenvalue weighted by Crippen LogP contribution is -2.00. The lowest BCUT2D eigenvalue weighted by molar-refractivity contribution is -0.385. The topological polar surface area (TPSA) is 103 Å². The van der Waals surface area contributed by atoms with Gasteiger partial charge in [0.05, 0.1) is 35.2 Å². The summed E-state index contributed by atoms with van der Waals surface area (Å²) in [5.74, 6) is 0.762. The van der Waals surface area contributed by atoms with E-state index in [2.05, 4.69) is 11.1 Å². The average Bonchev–Trinajstić information content (AvgIpc) is 3.02. The van der Waals surface area contributed by atoms with Gasteiger partial charge in [-0.05, 0) is 36.8 Å². The molecule has 0 spiro atoms. The van der Waals surface area contributed by atoms with E-state index in [0.717, 1.165) is 11.0 Å². The first-order valence-electron chi connectivity index (χ1n) is 8.53. The maximum absolute atomic E-state index is 11.5. The van der Waals surface area contributed by atoms with Crippen LogP contribution in [0.15, 0.2) is 36.4 Å². The van der Waals surface area contributed by atoms with E-state index >= 15 is 0 Å². The Morgan fingerprint density at radius 1 is 1.39 bits per heavy atom. The molecule has 8 heteroatoms. The molecule has 0 aliphatic carbocycles. The normalized spacial score (nSPS) is 11.3. The fraction of sp³-hybridized carbons (Fsp3) is 0.200. The van der Waals surface area contributed by atoms with Crippen molar-refractivity contribution in [2.75, 3.05) is 13.7 Å². The molecule has 0 saturated heterocycles. The van der Waals surface area contributed by atoms with Crippen LogP contribution in [0.4, 0.5) is 5.69 Å². The van der Waals surface area contributed by atoms with Gasteiger partial charge in [-0.1, -0.05) is 12.1 Å². The van der Waals surface area contributed by atoms with Crippen LogP contribution in [0.5, 0.6) is 11.5 Å². The van der Waals surface area contributed by atoms with Gasteiger partial charge in [-0.3, -0.25) is 10.1 Å². The fourth-order valence-corrected chi connectivity index (χ4v) is 2.99. The van der Waals surface area contributed by atoms with Crippen molar-refractivity contribution in [3.05, 3.63) is 57.9 Å². The summed E-state index contributed by atoms with van der Waals surface area (Å²) < 4.78 is 12.5. The molecule has 0 aliphatic heterocycles. The molecule has 0 radical (unpaired) electrons. The van der Waals surface area contributed by atoms with Crippen LogP contribution in [0.2, 0.25) is 0 Å². The van der Waals surface area contributed by atoms with E-state index in [1.807, 2.05) is 35.9 Å². The number of hydrogen-bond acceptors (Lipinski definition) is 6. The zero-order valence-corrected chi connectivity index (χ0v) is 15.7. The van der Waals surface area contributed by atoms with Gasteiger partial charge in [-0.2, -0.15) is 5.26 Å². The number of nitrogens with zero attached hydrogens (tertiary/aromatic N) is 4. The van der Waals surface area contributed by atoms with E-state index in [9.17, 15) is 15.4 Å². The number of hydrogen-bond donors (Lipinski definition) is 0. The Morgan fingerprint density at radius 3 is 2.75 bits per heavy atom. The van der Waals surface area contributed by atoms with Crippen molar-refractivity contribution in [1.82, 2.24) is 9.55 Å². The summed E-state index contributed by atoms with van der Waals surface area (Å²) in [6.07, 6.45) is 1.55. The number of nitro benzene ring substituents is 1. The Bertz CT molecular complexity index is 1130. The number of allylic oxidation sites excluding steroid dienone is 1. The van der Waals surface area contributed by atoms with Crippen LogP contribution in [0.25, 0.3) is 22.7 Å². The first kappa shape index (κ1) is 18.9. The Balaban J connectivity index is 2.18. The summed E-state index contributed by atoms with van der Waals surface area (Å²) in [5, 5.41) is 21.1. The molecule has 0 unspecified atom stereocenters. The van der Waals surface area contributed by atoms with Crippen molar-refractivity contribution in [3.63, 3.8) is 0 Å². The largest absolute Gasteiger partial charge is 0.490 e. The summed E-state index contributed by atoms with van der Waals surface area (Å²) >= 11 is 0. The van der Waals surface area contributed by atoms with Gasteiger partial charge in [0.2, 0.25) is 5.75 Å². The van der Waals surface area contributed by atoms with Crippen molar-refractivity contribution < 1.29 is 14.4 Å². The van der Waals surface area contributed by atoms with Crippen molar-refractivity contribution in [2.45, 2.75) is 6.92 Å². The molecule has 1 heterocycles. The minimum atomic E-state index is -0.542. The molecule has 0 saturated carbocycles. The molecule has 3 aromatic rings. The summed E-state index contributed by atoms with van der Waals surface area (Å²) in [6, 6.07) is 12.6. The van der Waals surface area contributed by atoms with E-state index in [4.69, 9.17) is 9.47 Å². The zero-order valence-electron chi connectivity index (χ0n) is 15.7. The molecular weight excluding hydrogens is 360 g/mol. The first-order valence-corrected chi connectivity index (χ1v) is 8.53. The number of nitro groups is 1. The van der Waals surface area contributed by atoms with Crippen LogP contribution >= 0.6 is 0 Å². The monoisotopic (exact) mass is 378 g/mol. The van der Waals surface area contributed by atoms with E-state index in [-0.39, 0.29) is 22.8 Å². The van der Waals surface area contributed by atoms with E-state index in [0.29, 0.717) is 18.0 Å². The maximum atomic E-state index is 11.5. The van der Waals surface area contributed by atoms with Gasteiger partial charge in [-0.15, -0.1) is 0 Å². The quantitative estimate of drug-likeness (QED) is 0.365. The molecule has 0 bridgehead atoms. The number of ether oxygens (including phenoxy) is 2. The average molecular weight is 378 g/mol. The minimum Gasteiger partial charge on any atom is -0.490 e. The third-order valence-corrected chi connectivity index (χ3v) is 4.22. The van der Waals surface area contributed by atoms with Gasteiger partial charge in [0.25, 0.3) is 0 Å². The highest BCUT2D eigenvalue weighted by atomic mass is 16.6. The Hall–Kier alpha value is -3.86. The minimum absolute atomic E-state index is 0.0465. The van der Waals surface area contributed by atoms with Crippen LogP contribution in [-0.4, -0.2) is 28.2 Å². The molecule has 0 amide bonds. The number of imidazole rings is 1. The number of benzene rings is 2. The summed E-state index contributed by atoms with van der Waals surface area (Å²) in [5.41, 5.74) is 2.13. The van der Waals surface area contributed by atoms with Crippen LogP contribution in [0.3, 0.4) is 0 Å². The van der Waals surface area contributed by atoms with Crippen LogP contribution in [0, 0.1) is 21.4 Å². The number of nitriles is 1. The zero-order chi connectivity index (χ0) is 20.3. The SMILES string of the molecule is CCOc1cc(/C=C(/C#N)c2nc3ccccc3n2C)cc([N+](=O)[O-])c1OC. The molecule has 142 valence electrons. The van der Waals surface area contributed by atoms with Crippen LogP contribution in [0.1, 0.15) is 18.3 Å². The molecule has 2 aromatic carbocycles. The molecule has 0 fully saturated rings. The van der Waals surface area contributed by atoms with E-state index in [1.165, 1.54) is 13.2 Å². The molecule has 3 rings (SSSR count). The highest BCUT2D eigenvalue weighted by Crippen LogP contribution is 2.39. The molecular formula is C20H18N4O4. The smallest absolute Gasteiger partial charge is 0.315 e. The van der Waals surface area contributed by atoms with Gasteiger partial charge < -0.3 is 14.0 Å². The lowest BCUT2D eigenvalue weighted by Gasteiger charge is -2.10. The molecule has 0 atom stereocenters. The second kappa shape index (κ2) is 7.80. The molecule has 28 heavy (non-hydrogen) atoms. The van der Waals surface area contributed by atoms with Crippen molar-refractivity contribution in [3.8, 4) is 17.6 Å². The third-order valence-electron chi connectivity index (χ3n) is 4.22. The summed E-state index contributed by atoms with van der Waals surface area (Å²) in [6.45, 7) is 2.09. The predicted molar refractivity (Wildman–Crippen MR) is 105 cm³/mol. The maximum Gasteiger partial charge on any atom is 0.315 e. The van der Waals surface area contributed by atoms with Gasteiger partial charge in [0, 0.05) is 13.1 Å². The van der Waals surface area contributed by atoms with Crippen LogP contribution < -0.4 is 9.47 Å². The second-order valence-corrected chi connectivity index (χ2v) is 5.91. The summed E-state index contributed by atoms with van der Waals surface area (Å²) in [7, 11) is 3.17. The molecule has 0 N–H and O–H groups in total. The number of aromatic nitrogens is 2. The van der Waals surface area contributed by atoms with Gasteiger partial charge in [0.1, 0.15) is 6.07 Å². The summed E-state index contributed by atoms with van der Waals surface area (Å²) in [4.78, 5) is 15.4. The highest BCUT2D eigenvalue weighted by Gasteiger charge is 2.22. The van der Waals surface area contributed by atoms with Crippen molar-refractivity contribution in [2.24, 2.45) is 7.05 Å². The number of rotatable bonds is 6. The number of fused-ring (bicyclic) bond motifs is 1. The van der Waals surface area contributed by atoms with E-state index in [1.54, 1.807) is 19.1 Å². The van der Waals surface area contributed by atoms with Crippen LogP contribution in [-0.2, 0) is 7.05 Å². The Morgan fingerprint density at radius 2 is 2.14 bits per heavy atom. The standard InChI is InChI=1S/C20H18N4O4/c1-4-28-18-11-13(10-17(24(25)26)19(18)27-3)9-14(12-21)20-22-15-7-5-6-8-16(15)23(20)2/h5-11H,4H2,1-3H3/b14-9-. The molecule has 8 nitrogen and oxygen atoms in total. The first-order chi connectivity index (χ1) is 13.5. The van der Waals surface area contributed by atoms with Crippen molar-refractivity contribution in [1.29, 1.82) is 5.26 Å². The second-order valence-electron chi connectivity index (χ2n) is 5.91. The van der Waals surface area contributed by atoms with Gasteiger partial charge in [0.15, 0.2) is 11.6 Å². The highest BCUT2D eigenvalue weighted by molar-refractivity contribution is 5.91. The molecule has 0 aliphatic rings. The van der Waals surface area contributed by atoms with Gasteiger partial charge >= 0.3 is 5.69 Å². The van der Waals surface area contributed by atoms with E-state index < -0.39 is 4.92 Å². The number of para-hydroxylation sites is 2. The number of aryl methyl sites for hydroxylation is 1. The Labute approximate surface area is 161 Å². The lowest BCUT2D eigenvalue weighted by atomic mass is 10.1. The number of methoxy groups -OCH3 is 1. The third kappa shape index (κ3) is 3.38. The van der Waals surface area contributed by atoms with Gasteiger partial charge in [-0.25, -0.2) is 4.98 Å². The molecule has 1 aromatic heterocycles. The Kier molecular flexibility index (Phi) is 5.27. The van der Waals surface area contributed by atoms with Crippen molar-refractivity contribution >= 4 is 28.4 Å².